The Morgan fingerprint density at radius 3 is 2.41 bits per heavy atom. The molecule has 0 aromatic carbocycles. The smallest absolute Gasteiger partial charge is 0.299 e. The van der Waals surface area contributed by atoms with Gasteiger partial charge in [0.1, 0.15) is 12.2 Å². The number of rotatable bonds is 10. The van der Waals surface area contributed by atoms with Crippen LogP contribution < -0.4 is 0 Å². The third kappa shape index (κ3) is 8.86. The maximum absolute atomic E-state index is 11.1. The van der Waals surface area contributed by atoms with Crippen molar-refractivity contribution in [3.63, 3.8) is 0 Å². The molecule has 1 atom stereocenters. The first-order valence-electron chi connectivity index (χ1n) is 6.47. The first-order valence-corrected chi connectivity index (χ1v) is 6.47. The van der Waals surface area contributed by atoms with Gasteiger partial charge in [-0.3, -0.25) is 9.68 Å². The zero-order valence-corrected chi connectivity index (χ0v) is 11.2. The molecule has 0 bridgehead atoms. The fraction of sp³-hybridized carbons (Fsp3) is 0.846. The fourth-order valence-corrected chi connectivity index (χ4v) is 1.41. The van der Waals surface area contributed by atoms with Crippen molar-refractivity contribution < 1.29 is 19.4 Å². The summed E-state index contributed by atoms with van der Waals surface area (Å²) in [6.45, 7) is 6.37. The minimum absolute atomic E-state index is 0.128. The Balaban J connectivity index is 3.65. The maximum Gasteiger partial charge on any atom is 0.349 e. The lowest BCUT2D eigenvalue weighted by Crippen LogP contribution is -2.15. The minimum Gasteiger partial charge on any atom is -0.299 e. The van der Waals surface area contributed by atoms with Gasteiger partial charge in [0, 0.05) is 6.42 Å². The van der Waals surface area contributed by atoms with Crippen LogP contribution in [0.4, 0.5) is 0 Å². The van der Waals surface area contributed by atoms with Crippen LogP contribution in [0, 0.1) is 5.92 Å². The lowest BCUT2D eigenvalue weighted by Gasteiger charge is -2.13. The number of carbonyl (C=O) groups is 2. The summed E-state index contributed by atoms with van der Waals surface area (Å²) < 4.78 is 0. The van der Waals surface area contributed by atoms with Crippen molar-refractivity contribution in [1.82, 2.24) is 0 Å². The molecule has 0 saturated carbocycles. The maximum atomic E-state index is 11.1. The molecule has 4 nitrogen and oxygen atoms in total. The zero-order chi connectivity index (χ0) is 13.1. The number of hydrogen-bond donors (Lipinski definition) is 0. The standard InChI is InChI=1S/C13H24O4/c1-4-7-8-11(5-2)10-16-17-13(15)9-12(14)6-3/h11H,4-10H2,1-3H3. The highest BCUT2D eigenvalue weighted by atomic mass is 17.2. The van der Waals surface area contributed by atoms with E-state index in [2.05, 4.69) is 18.7 Å². The molecule has 0 aliphatic rings. The highest BCUT2D eigenvalue weighted by Crippen LogP contribution is 2.13. The monoisotopic (exact) mass is 244 g/mol. The molecule has 0 radical (unpaired) electrons. The third-order valence-electron chi connectivity index (χ3n) is 2.73. The zero-order valence-electron chi connectivity index (χ0n) is 11.2. The molecule has 4 heteroatoms. The predicted molar refractivity (Wildman–Crippen MR) is 65.3 cm³/mol. The van der Waals surface area contributed by atoms with Gasteiger partial charge in [0.05, 0.1) is 6.61 Å². The molecule has 0 amide bonds. The van der Waals surface area contributed by atoms with Gasteiger partial charge in [0.25, 0.3) is 0 Å². The SMILES string of the molecule is CCCCC(CC)COOC(=O)CC(=O)CC. The molecular weight excluding hydrogens is 220 g/mol. The summed E-state index contributed by atoms with van der Waals surface area (Å²) >= 11 is 0. The van der Waals surface area contributed by atoms with Gasteiger partial charge in [0.2, 0.25) is 0 Å². The van der Waals surface area contributed by atoms with E-state index in [1.54, 1.807) is 6.92 Å². The van der Waals surface area contributed by atoms with E-state index in [4.69, 9.17) is 4.89 Å². The van der Waals surface area contributed by atoms with Gasteiger partial charge in [-0.15, -0.1) is 0 Å². The topological polar surface area (TPSA) is 52.6 Å². The fourth-order valence-electron chi connectivity index (χ4n) is 1.41. The second kappa shape index (κ2) is 10.3. The number of Topliss-reactive ketones (excluding diaryl/α,β-unsaturated/α-hetero) is 1. The molecular formula is C13H24O4. The molecule has 100 valence electrons. The quantitative estimate of drug-likeness (QED) is 0.337. The van der Waals surface area contributed by atoms with E-state index in [1.807, 2.05) is 0 Å². The molecule has 0 N–H and O–H groups in total. The summed E-state index contributed by atoms with van der Waals surface area (Å²) in [6, 6.07) is 0. The van der Waals surface area contributed by atoms with Crippen LogP contribution in [0.1, 0.15) is 59.3 Å². The molecule has 0 heterocycles. The Labute approximate surface area is 104 Å². The van der Waals surface area contributed by atoms with E-state index in [0.717, 1.165) is 25.7 Å². The van der Waals surface area contributed by atoms with E-state index >= 15 is 0 Å². The molecule has 0 saturated heterocycles. The van der Waals surface area contributed by atoms with E-state index < -0.39 is 5.97 Å². The van der Waals surface area contributed by atoms with Crippen LogP contribution in [-0.4, -0.2) is 18.4 Å². The van der Waals surface area contributed by atoms with Gasteiger partial charge < -0.3 is 0 Å². The average Bonchev–Trinajstić information content (AvgIpc) is 2.33. The molecule has 0 fully saturated rings. The first kappa shape index (κ1) is 16.1. The Bertz CT molecular complexity index is 225. The van der Waals surface area contributed by atoms with Gasteiger partial charge >= 0.3 is 5.97 Å². The van der Waals surface area contributed by atoms with Crippen LogP contribution in [0.15, 0.2) is 0 Å². The van der Waals surface area contributed by atoms with Gasteiger partial charge in [-0.2, -0.15) is 4.89 Å². The lowest BCUT2D eigenvalue weighted by molar-refractivity contribution is -0.277. The van der Waals surface area contributed by atoms with Crippen molar-refractivity contribution in [2.75, 3.05) is 6.61 Å². The summed E-state index contributed by atoms with van der Waals surface area (Å²) in [7, 11) is 0. The van der Waals surface area contributed by atoms with E-state index in [9.17, 15) is 9.59 Å². The van der Waals surface area contributed by atoms with Gasteiger partial charge in [-0.05, 0) is 12.3 Å². The van der Waals surface area contributed by atoms with Gasteiger partial charge in [-0.1, -0.05) is 40.0 Å². The summed E-state index contributed by atoms with van der Waals surface area (Å²) in [5.74, 6) is -0.302. The summed E-state index contributed by atoms with van der Waals surface area (Å²) in [4.78, 5) is 31.5. The Kier molecular flexibility index (Phi) is 9.72. The van der Waals surface area contributed by atoms with Gasteiger partial charge in [-0.25, -0.2) is 4.79 Å². The van der Waals surface area contributed by atoms with Crippen molar-refractivity contribution in [1.29, 1.82) is 0 Å². The predicted octanol–water partition coefficient (Wildman–Crippen LogP) is 3.05. The second-order valence-electron chi connectivity index (χ2n) is 4.23. The van der Waals surface area contributed by atoms with E-state index in [0.29, 0.717) is 18.9 Å². The minimum atomic E-state index is -0.595. The molecule has 0 aromatic heterocycles. The lowest BCUT2D eigenvalue weighted by atomic mass is 10.0. The van der Waals surface area contributed by atoms with Crippen LogP contribution in [0.3, 0.4) is 0 Å². The Morgan fingerprint density at radius 2 is 1.88 bits per heavy atom. The van der Waals surface area contributed by atoms with Crippen molar-refractivity contribution in [2.24, 2.45) is 5.92 Å². The highest BCUT2D eigenvalue weighted by Gasteiger charge is 2.12. The highest BCUT2D eigenvalue weighted by molar-refractivity contribution is 5.95. The largest absolute Gasteiger partial charge is 0.349 e. The van der Waals surface area contributed by atoms with Crippen LogP contribution in [0.25, 0.3) is 0 Å². The van der Waals surface area contributed by atoms with Crippen LogP contribution in [0.2, 0.25) is 0 Å². The number of ketones is 1. The second-order valence-corrected chi connectivity index (χ2v) is 4.23. The molecule has 0 aliphatic carbocycles. The Hall–Kier alpha value is -0.900. The van der Waals surface area contributed by atoms with E-state index in [-0.39, 0.29) is 12.2 Å². The molecule has 0 rings (SSSR count). The molecule has 0 aromatic rings. The Morgan fingerprint density at radius 1 is 1.18 bits per heavy atom. The van der Waals surface area contributed by atoms with Crippen LogP contribution >= 0.6 is 0 Å². The number of hydrogen-bond acceptors (Lipinski definition) is 4. The van der Waals surface area contributed by atoms with Crippen molar-refractivity contribution in [3.8, 4) is 0 Å². The summed E-state index contributed by atoms with van der Waals surface area (Å²) in [6.07, 6.45) is 4.56. The van der Waals surface area contributed by atoms with Crippen molar-refractivity contribution in [2.45, 2.75) is 59.3 Å². The molecule has 17 heavy (non-hydrogen) atoms. The molecule has 0 aliphatic heterocycles. The molecule has 1 unspecified atom stereocenters. The number of unbranched alkanes of at least 4 members (excludes halogenated alkanes) is 1. The third-order valence-corrected chi connectivity index (χ3v) is 2.73. The van der Waals surface area contributed by atoms with E-state index in [1.165, 1.54) is 0 Å². The normalized spacial score (nSPS) is 12.2. The number of carbonyl (C=O) groups excluding carboxylic acids is 2. The molecule has 0 spiro atoms. The summed E-state index contributed by atoms with van der Waals surface area (Å²) in [5, 5.41) is 0. The van der Waals surface area contributed by atoms with Crippen LogP contribution in [-0.2, 0) is 19.4 Å². The van der Waals surface area contributed by atoms with Gasteiger partial charge in [0.15, 0.2) is 0 Å². The average molecular weight is 244 g/mol. The van der Waals surface area contributed by atoms with Crippen LogP contribution in [0.5, 0.6) is 0 Å². The first-order chi connectivity index (χ1) is 8.13. The summed E-state index contributed by atoms with van der Waals surface area (Å²) in [5.41, 5.74) is 0. The van der Waals surface area contributed by atoms with Crippen molar-refractivity contribution in [3.05, 3.63) is 0 Å². The van der Waals surface area contributed by atoms with Crippen molar-refractivity contribution >= 4 is 11.8 Å².